The van der Waals surface area contributed by atoms with E-state index >= 15 is 0 Å². The molecule has 0 saturated carbocycles. The molecule has 0 aliphatic rings. The third kappa shape index (κ3) is 2.93. The molecule has 3 aromatic rings. The topological polar surface area (TPSA) is 18.5 Å². The summed E-state index contributed by atoms with van der Waals surface area (Å²) < 4.78 is 12.4. The zero-order valence-corrected chi connectivity index (χ0v) is 15.1. The second-order valence-electron chi connectivity index (χ2n) is 6.38. The molecule has 0 fully saturated rings. The van der Waals surface area contributed by atoms with Crippen LogP contribution in [0.5, 0.6) is 11.5 Å². The molecular formula is C22H26O2. The molecule has 0 spiro atoms. The summed E-state index contributed by atoms with van der Waals surface area (Å²) in [6, 6.07) is 12.9. The van der Waals surface area contributed by atoms with Gasteiger partial charge in [0, 0.05) is 21.5 Å². The number of hydrogen-bond donors (Lipinski definition) is 0. The third-order valence-electron chi connectivity index (χ3n) is 4.44. The van der Waals surface area contributed by atoms with Crippen LogP contribution in [0.4, 0.5) is 0 Å². The fraction of sp³-hybridized carbons (Fsp3) is 0.364. The molecule has 0 heterocycles. The van der Waals surface area contributed by atoms with Crippen molar-refractivity contribution in [1.82, 2.24) is 0 Å². The molecule has 0 aromatic heterocycles. The highest BCUT2D eigenvalue weighted by atomic mass is 16.5. The van der Waals surface area contributed by atoms with Gasteiger partial charge in [0.1, 0.15) is 11.5 Å². The predicted molar refractivity (Wildman–Crippen MR) is 103 cm³/mol. The van der Waals surface area contributed by atoms with Crippen molar-refractivity contribution in [2.24, 2.45) is 0 Å². The van der Waals surface area contributed by atoms with Gasteiger partial charge in [-0.05, 0) is 49.9 Å². The Morgan fingerprint density at radius 2 is 1.08 bits per heavy atom. The van der Waals surface area contributed by atoms with Gasteiger partial charge in [0.15, 0.2) is 0 Å². The Bertz CT molecular complexity index is 793. The van der Waals surface area contributed by atoms with Gasteiger partial charge in [0.2, 0.25) is 0 Å². The molecule has 0 aliphatic carbocycles. The van der Waals surface area contributed by atoms with E-state index in [1.54, 1.807) is 0 Å². The van der Waals surface area contributed by atoms with E-state index in [0.717, 1.165) is 59.1 Å². The summed E-state index contributed by atoms with van der Waals surface area (Å²) in [5, 5.41) is 4.56. The highest BCUT2D eigenvalue weighted by molar-refractivity contribution is 6.11. The maximum absolute atomic E-state index is 6.18. The van der Waals surface area contributed by atoms with Crippen molar-refractivity contribution in [3.63, 3.8) is 0 Å². The number of rotatable bonds is 6. The second-order valence-corrected chi connectivity index (χ2v) is 6.38. The molecule has 0 atom stereocenters. The molecule has 3 aromatic carbocycles. The van der Waals surface area contributed by atoms with Gasteiger partial charge in [-0.1, -0.05) is 38.1 Å². The first kappa shape index (κ1) is 16.6. The highest BCUT2D eigenvalue weighted by Gasteiger charge is 2.16. The van der Waals surface area contributed by atoms with Crippen LogP contribution < -0.4 is 9.47 Å². The standard InChI is InChI=1S/C22H26O2/c1-5-11-23-21-17-9-7-8-10-18(17)22(24-12-6-2)20-14-16(4)15(3)13-19(20)21/h7-10,13-14H,5-6,11-12H2,1-4H3. The molecule has 126 valence electrons. The smallest absolute Gasteiger partial charge is 0.135 e. The Morgan fingerprint density at radius 1 is 0.667 bits per heavy atom. The van der Waals surface area contributed by atoms with Crippen LogP contribution in [0.2, 0.25) is 0 Å². The van der Waals surface area contributed by atoms with Gasteiger partial charge >= 0.3 is 0 Å². The molecule has 2 heteroatoms. The lowest BCUT2D eigenvalue weighted by atomic mass is 9.96. The van der Waals surface area contributed by atoms with Gasteiger partial charge < -0.3 is 9.47 Å². The first-order valence-electron chi connectivity index (χ1n) is 8.88. The van der Waals surface area contributed by atoms with E-state index < -0.39 is 0 Å². The Hall–Kier alpha value is -2.22. The molecule has 0 N–H and O–H groups in total. The number of benzene rings is 3. The molecule has 2 nitrogen and oxygen atoms in total. The van der Waals surface area contributed by atoms with E-state index in [-0.39, 0.29) is 0 Å². The van der Waals surface area contributed by atoms with Crippen LogP contribution >= 0.6 is 0 Å². The lowest BCUT2D eigenvalue weighted by molar-refractivity contribution is 0.319. The normalized spacial score (nSPS) is 11.2. The van der Waals surface area contributed by atoms with Crippen LogP contribution in [0.1, 0.15) is 37.8 Å². The third-order valence-corrected chi connectivity index (χ3v) is 4.44. The molecular weight excluding hydrogens is 296 g/mol. The Morgan fingerprint density at radius 3 is 1.46 bits per heavy atom. The van der Waals surface area contributed by atoms with Crippen molar-refractivity contribution in [2.45, 2.75) is 40.5 Å². The molecule has 0 radical (unpaired) electrons. The van der Waals surface area contributed by atoms with Gasteiger partial charge in [0.25, 0.3) is 0 Å². The molecule has 0 saturated heterocycles. The summed E-state index contributed by atoms with van der Waals surface area (Å²) in [7, 11) is 0. The molecule has 0 unspecified atom stereocenters. The minimum atomic E-state index is 0.723. The average molecular weight is 322 g/mol. The summed E-state index contributed by atoms with van der Waals surface area (Å²) >= 11 is 0. The van der Waals surface area contributed by atoms with Crippen molar-refractivity contribution in [1.29, 1.82) is 0 Å². The van der Waals surface area contributed by atoms with Gasteiger partial charge in [-0.25, -0.2) is 0 Å². The predicted octanol–water partition coefficient (Wildman–Crippen LogP) is 6.19. The largest absolute Gasteiger partial charge is 0.492 e. The van der Waals surface area contributed by atoms with Crippen molar-refractivity contribution in [3.05, 3.63) is 47.5 Å². The molecule has 0 amide bonds. The quantitative estimate of drug-likeness (QED) is 0.504. The number of hydrogen-bond acceptors (Lipinski definition) is 2. The van der Waals surface area contributed by atoms with E-state index in [4.69, 9.17) is 9.47 Å². The van der Waals surface area contributed by atoms with Crippen molar-refractivity contribution in [3.8, 4) is 11.5 Å². The lowest BCUT2D eigenvalue weighted by Crippen LogP contribution is -2.01. The van der Waals surface area contributed by atoms with Crippen LogP contribution in [-0.4, -0.2) is 13.2 Å². The highest BCUT2D eigenvalue weighted by Crippen LogP contribution is 2.43. The van der Waals surface area contributed by atoms with Crippen molar-refractivity contribution in [2.75, 3.05) is 13.2 Å². The minimum absolute atomic E-state index is 0.723. The van der Waals surface area contributed by atoms with Crippen LogP contribution in [0, 0.1) is 13.8 Å². The van der Waals surface area contributed by atoms with Crippen molar-refractivity contribution >= 4 is 21.5 Å². The summed E-state index contributed by atoms with van der Waals surface area (Å²) in [4.78, 5) is 0. The zero-order chi connectivity index (χ0) is 17.1. The molecule has 0 bridgehead atoms. The fourth-order valence-corrected chi connectivity index (χ4v) is 3.08. The van der Waals surface area contributed by atoms with Gasteiger partial charge in [-0.3, -0.25) is 0 Å². The Kier molecular flexibility index (Phi) is 4.94. The summed E-state index contributed by atoms with van der Waals surface area (Å²) in [6.45, 7) is 10.0. The van der Waals surface area contributed by atoms with Crippen LogP contribution in [0.25, 0.3) is 21.5 Å². The fourth-order valence-electron chi connectivity index (χ4n) is 3.08. The number of ether oxygens (including phenoxy) is 2. The maximum atomic E-state index is 6.18. The summed E-state index contributed by atoms with van der Waals surface area (Å²) in [5.41, 5.74) is 2.56. The average Bonchev–Trinajstić information content (AvgIpc) is 2.59. The van der Waals surface area contributed by atoms with Gasteiger partial charge in [-0.15, -0.1) is 0 Å². The summed E-state index contributed by atoms with van der Waals surface area (Å²) in [6.07, 6.45) is 1.99. The van der Waals surface area contributed by atoms with E-state index in [9.17, 15) is 0 Å². The van der Waals surface area contributed by atoms with Crippen molar-refractivity contribution < 1.29 is 9.47 Å². The SMILES string of the molecule is CCCOc1c2ccccc2c(OCCC)c2cc(C)c(C)cc12. The van der Waals surface area contributed by atoms with E-state index in [2.05, 4.69) is 64.1 Å². The number of aryl methyl sites for hydroxylation is 2. The Labute approximate surface area is 144 Å². The van der Waals surface area contributed by atoms with Gasteiger partial charge in [0.05, 0.1) is 13.2 Å². The van der Waals surface area contributed by atoms with E-state index in [1.165, 1.54) is 11.1 Å². The molecule has 24 heavy (non-hydrogen) atoms. The zero-order valence-electron chi connectivity index (χ0n) is 15.1. The van der Waals surface area contributed by atoms with Crippen LogP contribution in [0.3, 0.4) is 0 Å². The maximum Gasteiger partial charge on any atom is 0.135 e. The monoisotopic (exact) mass is 322 g/mol. The second kappa shape index (κ2) is 7.12. The minimum Gasteiger partial charge on any atom is -0.492 e. The van der Waals surface area contributed by atoms with E-state index in [1.807, 2.05) is 0 Å². The van der Waals surface area contributed by atoms with Crippen LogP contribution in [0.15, 0.2) is 36.4 Å². The van der Waals surface area contributed by atoms with Crippen LogP contribution in [-0.2, 0) is 0 Å². The van der Waals surface area contributed by atoms with Gasteiger partial charge in [-0.2, -0.15) is 0 Å². The summed E-state index contributed by atoms with van der Waals surface area (Å²) in [5.74, 6) is 1.96. The molecule has 0 aliphatic heterocycles. The first-order valence-corrected chi connectivity index (χ1v) is 8.88. The number of fused-ring (bicyclic) bond motifs is 2. The molecule has 3 rings (SSSR count). The Balaban J connectivity index is 2.39. The first-order chi connectivity index (χ1) is 11.7. The van der Waals surface area contributed by atoms with E-state index in [0.29, 0.717) is 0 Å². The lowest BCUT2D eigenvalue weighted by Gasteiger charge is -2.18.